The minimum absolute atomic E-state index is 0.0191. The highest BCUT2D eigenvalue weighted by atomic mass is 32.2. The normalized spacial score (nSPS) is 31.1. The van der Waals surface area contributed by atoms with Crippen LogP contribution in [0.15, 0.2) is 0 Å². The van der Waals surface area contributed by atoms with Crippen LogP contribution in [0.1, 0.15) is 26.2 Å². The van der Waals surface area contributed by atoms with E-state index in [1.54, 1.807) is 0 Å². The molecule has 2 rings (SSSR count). The lowest BCUT2D eigenvalue weighted by molar-refractivity contribution is -0.149. The Morgan fingerprint density at radius 2 is 2.10 bits per heavy atom. The van der Waals surface area contributed by atoms with Crippen LogP contribution in [-0.2, 0) is 19.6 Å². The van der Waals surface area contributed by atoms with Crippen molar-refractivity contribution in [1.29, 1.82) is 0 Å². The van der Waals surface area contributed by atoms with E-state index in [1.807, 2.05) is 0 Å². The fourth-order valence-corrected chi connectivity index (χ4v) is 4.20. The number of hydrogen-bond acceptors (Lipinski definition) is 4. The summed E-state index contributed by atoms with van der Waals surface area (Å²) >= 11 is 0. The first-order valence-corrected chi connectivity index (χ1v) is 8.54. The third kappa shape index (κ3) is 2.67. The Bertz CT molecular complexity index is 532. The predicted octanol–water partition coefficient (Wildman–Crippen LogP) is -0.363. The van der Waals surface area contributed by atoms with Gasteiger partial charge in [-0.2, -0.15) is 0 Å². The molecule has 1 unspecified atom stereocenters. The van der Waals surface area contributed by atoms with E-state index in [0.717, 1.165) is 19.1 Å². The fraction of sp³-hybridized carbons (Fsp3) is 0.833. The number of nitrogens with zero attached hydrogens (tertiary/aromatic N) is 1. The van der Waals surface area contributed by atoms with Gasteiger partial charge in [-0.05, 0) is 25.7 Å². The fourth-order valence-electron chi connectivity index (χ4n) is 3.45. The van der Waals surface area contributed by atoms with E-state index in [1.165, 1.54) is 11.8 Å². The maximum atomic E-state index is 12.2. The predicted molar refractivity (Wildman–Crippen MR) is 71.4 cm³/mol. The van der Waals surface area contributed by atoms with E-state index in [9.17, 15) is 23.1 Å². The molecular formula is C12H20N2O5S. The maximum absolute atomic E-state index is 12.2. The number of aliphatic carboxylic acids is 1. The third-order valence-corrected chi connectivity index (χ3v) is 5.15. The molecule has 2 fully saturated rings. The highest BCUT2D eigenvalue weighted by Gasteiger charge is 2.56. The molecule has 0 aromatic rings. The number of carboxylic acids is 1. The molecule has 1 aliphatic carbocycles. The second-order valence-corrected chi connectivity index (χ2v) is 7.66. The van der Waals surface area contributed by atoms with Gasteiger partial charge in [-0.25, -0.2) is 13.1 Å². The van der Waals surface area contributed by atoms with Gasteiger partial charge in [-0.15, -0.1) is 0 Å². The molecule has 0 spiro atoms. The van der Waals surface area contributed by atoms with Crippen LogP contribution in [0.25, 0.3) is 0 Å². The van der Waals surface area contributed by atoms with Crippen molar-refractivity contribution in [3.8, 4) is 0 Å². The molecular weight excluding hydrogens is 284 g/mol. The number of nitrogens with one attached hydrogen (secondary N) is 1. The molecule has 114 valence electrons. The summed E-state index contributed by atoms with van der Waals surface area (Å²) in [6, 6.07) is -0.866. The molecule has 1 saturated carbocycles. The lowest BCUT2D eigenvalue weighted by Crippen LogP contribution is -2.47. The monoisotopic (exact) mass is 304 g/mol. The molecule has 2 N–H and O–H groups in total. The first-order chi connectivity index (χ1) is 9.16. The Kier molecular flexibility index (Phi) is 3.81. The average Bonchev–Trinajstić information content (AvgIpc) is 2.81. The summed E-state index contributed by atoms with van der Waals surface area (Å²) in [4.78, 5) is 25.2. The van der Waals surface area contributed by atoms with Crippen molar-refractivity contribution in [2.45, 2.75) is 32.2 Å². The topological polar surface area (TPSA) is 104 Å². The molecule has 0 radical (unpaired) electrons. The summed E-state index contributed by atoms with van der Waals surface area (Å²) in [5.41, 5.74) is -0.833. The quantitative estimate of drug-likeness (QED) is 0.738. The van der Waals surface area contributed by atoms with E-state index in [0.29, 0.717) is 13.0 Å². The van der Waals surface area contributed by atoms with Crippen LogP contribution >= 0.6 is 0 Å². The standard InChI is InChI=1S/C12H20N2O5S/c1-8(13-20(2,18)19)10(15)14-6-9-4-3-5-12(9,7-14)11(16)17/h8-9,13H,3-7H2,1-2H3,(H,16,17)/t8?,9-,12+/m0/s1. The van der Waals surface area contributed by atoms with Crippen LogP contribution in [0.5, 0.6) is 0 Å². The van der Waals surface area contributed by atoms with E-state index in [4.69, 9.17) is 0 Å². The van der Waals surface area contributed by atoms with Gasteiger partial charge < -0.3 is 10.0 Å². The lowest BCUT2D eigenvalue weighted by Gasteiger charge is -2.24. The Morgan fingerprint density at radius 3 is 2.60 bits per heavy atom. The molecule has 20 heavy (non-hydrogen) atoms. The average molecular weight is 304 g/mol. The summed E-state index contributed by atoms with van der Waals surface area (Å²) < 4.78 is 24.5. The first kappa shape index (κ1) is 15.2. The van der Waals surface area contributed by atoms with E-state index in [2.05, 4.69) is 4.72 Å². The number of likely N-dealkylation sites (tertiary alicyclic amines) is 1. The van der Waals surface area contributed by atoms with Crippen molar-refractivity contribution in [2.24, 2.45) is 11.3 Å². The lowest BCUT2D eigenvalue weighted by atomic mass is 9.81. The summed E-state index contributed by atoms with van der Waals surface area (Å²) in [5, 5.41) is 9.45. The molecule has 0 aromatic carbocycles. The zero-order valence-electron chi connectivity index (χ0n) is 11.6. The van der Waals surface area contributed by atoms with E-state index < -0.39 is 27.4 Å². The zero-order valence-corrected chi connectivity index (χ0v) is 12.4. The third-order valence-electron chi connectivity index (χ3n) is 4.37. The van der Waals surface area contributed by atoms with Crippen molar-refractivity contribution in [2.75, 3.05) is 19.3 Å². The summed E-state index contributed by atoms with van der Waals surface area (Å²) in [6.45, 7) is 2.06. The number of rotatable bonds is 4. The van der Waals surface area contributed by atoms with Crippen LogP contribution in [0.3, 0.4) is 0 Å². The smallest absolute Gasteiger partial charge is 0.311 e. The molecule has 0 bridgehead atoms. The number of carbonyl (C=O) groups is 2. The highest BCUT2D eigenvalue weighted by Crippen LogP contribution is 2.48. The number of amides is 1. The molecule has 1 aliphatic heterocycles. The van der Waals surface area contributed by atoms with Gasteiger partial charge in [-0.3, -0.25) is 9.59 Å². The Morgan fingerprint density at radius 1 is 1.45 bits per heavy atom. The molecule has 1 saturated heterocycles. The van der Waals surface area contributed by atoms with Gasteiger partial charge in [0.25, 0.3) is 0 Å². The van der Waals surface area contributed by atoms with Gasteiger partial charge in [0.05, 0.1) is 17.7 Å². The summed E-state index contributed by atoms with van der Waals surface area (Å²) in [6.07, 6.45) is 3.26. The SMILES string of the molecule is CC(NS(C)(=O)=O)C(=O)N1C[C@@H]2CCC[C@@]2(C(=O)O)C1. The van der Waals surface area contributed by atoms with Crippen molar-refractivity contribution in [1.82, 2.24) is 9.62 Å². The summed E-state index contributed by atoms with van der Waals surface area (Å²) in [7, 11) is -3.46. The minimum Gasteiger partial charge on any atom is -0.481 e. The van der Waals surface area contributed by atoms with Crippen molar-refractivity contribution in [3.05, 3.63) is 0 Å². The molecule has 1 heterocycles. The van der Waals surface area contributed by atoms with Gasteiger partial charge in [0.1, 0.15) is 0 Å². The molecule has 0 aromatic heterocycles. The zero-order chi connectivity index (χ0) is 15.1. The van der Waals surface area contributed by atoms with Gasteiger partial charge in [0.2, 0.25) is 15.9 Å². The summed E-state index contributed by atoms with van der Waals surface area (Å²) in [5.74, 6) is -1.22. The highest BCUT2D eigenvalue weighted by molar-refractivity contribution is 7.88. The van der Waals surface area contributed by atoms with Gasteiger partial charge in [0.15, 0.2) is 0 Å². The van der Waals surface area contributed by atoms with E-state index >= 15 is 0 Å². The second-order valence-electron chi connectivity index (χ2n) is 5.88. The van der Waals surface area contributed by atoms with Crippen LogP contribution in [0.2, 0.25) is 0 Å². The number of carboxylic acid groups (broad SMARTS) is 1. The number of hydrogen-bond donors (Lipinski definition) is 2. The Labute approximate surface area is 118 Å². The molecule has 8 heteroatoms. The number of carbonyl (C=O) groups excluding carboxylic acids is 1. The van der Waals surface area contributed by atoms with Crippen molar-refractivity contribution >= 4 is 21.9 Å². The molecule has 3 atom stereocenters. The molecule has 1 amide bonds. The number of fused-ring (bicyclic) bond motifs is 1. The minimum atomic E-state index is -3.46. The molecule has 7 nitrogen and oxygen atoms in total. The van der Waals surface area contributed by atoms with Crippen LogP contribution in [0.4, 0.5) is 0 Å². The van der Waals surface area contributed by atoms with Crippen LogP contribution in [0, 0.1) is 11.3 Å². The van der Waals surface area contributed by atoms with E-state index in [-0.39, 0.29) is 18.4 Å². The van der Waals surface area contributed by atoms with Crippen molar-refractivity contribution < 1.29 is 23.1 Å². The van der Waals surface area contributed by atoms with Crippen LogP contribution < -0.4 is 4.72 Å². The Hall–Kier alpha value is -1.15. The van der Waals surface area contributed by atoms with Gasteiger partial charge in [-0.1, -0.05) is 6.42 Å². The number of sulfonamides is 1. The van der Waals surface area contributed by atoms with Crippen LogP contribution in [-0.4, -0.2) is 55.7 Å². The largest absolute Gasteiger partial charge is 0.481 e. The van der Waals surface area contributed by atoms with Gasteiger partial charge >= 0.3 is 5.97 Å². The maximum Gasteiger partial charge on any atom is 0.311 e. The second kappa shape index (κ2) is 5.00. The molecule has 2 aliphatic rings. The Balaban J connectivity index is 2.09. The van der Waals surface area contributed by atoms with Crippen molar-refractivity contribution in [3.63, 3.8) is 0 Å². The van der Waals surface area contributed by atoms with Gasteiger partial charge in [0, 0.05) is 13.1 Å². The first-order valence-electron chi connectivity index (χ1n) is 6.65.